The van der Waals surface area contributed by atoms with Gasteiger partial charge in [-0.1, -0.05) is 18.2 Å². The number of aryl methyl sites for hydroxylation is 1. The molecule has 0 aliphatic heterocycles. The second kappa shape index (κ2) is 7.60. The minimum absolute atomic E-state index is 0.116. The summed E-state index contributed by atoms with van der Waals surface area (Å²) in [4.78, 5) is 25.3. The third-order valence-corrected chi connectivity index (χ3v) is 3.27. The molecular weight excluding hydrogens is 296 g/mol. The molecule has 6 heteroatoms. The Hall–Kier alpha value is -2.60. The zero-order chi connectivity index (χ0) is 16.8. The number of para-hydroxylation sites is 1. The number of amides is 1. The summed E-state index contributed by atoms with van der Waals surface area (Å²) in [5.41, 5.74) is 1.16. The number of nitrogens with zero attached hydrogens (tertiary/aromatic N) is 1. The SMILES string of the molecule is COC(=O)c1cc(CN(C)CC(=O)Nc2ccccc2)oc1C. The first-order valence-electron chi connectivity index (χ1n) is 7.20. The lowest BCUT2D eigenvalue weighted by Gasteiger charge is -2.14. The van der Waals surface area contributed by atoms with Gasteiger partial charge in [0.15, 0.2) is 0 Å². The Balaban J connectivity index is 1.90. The van der Waals surface area contributed by atoms with Crippen molar-refractivity contribution in [2.24, 2.45) is 0 Å². The van der Waals surface area contributed by atoms with Gasteiger partial charge in [-0.25, -0.2) is 4.79 Å². The summed E-state index contributed by atoms with van der Waals surface area (Å²) >= 11 is 0. The molecule has 0 aliphatic rings. The highest BCUT2D eigenvalue weighted by Gasteiger charge is 2.17. The van der Waals surface area contributed by atoms with Gasteiger partial charge in [0.2, 0.25) is 5.91 Å². The number of nitrogens with one attached hydrogen (secondary N) is 1. The number of benzene rings is 1. The number of esters is 1. The molecular formula is C17H20N2O4. The van der Waals surface area contributed by atoms with Crippen LogP contribution >= 0.6 is 0 Å². The number of methoxy groups -OCH3 is 1. The van der Waals surface area contributed by atoms with Gasteiger partial charge >= 0.3 is 5.97 Å². The van der Waals surface area contributed by atoms with Gasteiger partial charge in [-0.15, -0.1) is 0 Å². The van der Waals surface area contributed by atoms with Crippen molar-refractivity contribution in [1.82, 2.24) is 4.90 Å². The third-order valence-electron chi connectivity index (χ3n) is 3.27. The molecule has 122 valence electrons. The van der Waals surface area contributed by atoms with Crippen molar-refractivity contribution >= 4 is 17.6 Å². The molecule has 0 atom stereocenters. The van der Waals surface area contributed by atoms with Crippen LogP contribution in [-0.4, -0.2) is 37.5 Å². The first-order chi connectivity index (χ1) is 11.0. The van der Waals surface area contributed by atoms with E-state index in [4.69, 9.17) is 4.42 Å². The highest BCUT2D eigenvalue weighted by atomic mass is 16.5. The van der Waals surface area contributed by atoms with Gasteiger partial charge in [-0.2, -0.15) is 0 Å². The van der Waals surface area contributed by atoms with Gasteiger partial charge in [-0.05, 0) is 32.2 Å². The van der Waals surface area contributed by atoms with Crippen LogP contribution in [0.15, 0.2) is 40.8 Å². The average Bonchev–Trinajstić information content (AvgIpc) is 2.87. The van der Waals surface area contributed by atoms with Crippen LogP contribution < -0.4 is 5.32 Å². The molecule has 0 saturated carbocycles. The summed E-state index contributed by atoms with van der Waals surface area (Å²) in [5, 5.41) is 2.82. The van der Waals surface area contributed by atoms with E-state index >= 15 is 0 Å². The second-order valence-electron chi connectivity index (χ2n) is 5.26. The fourth-order valence-electron chi connectivity index (χ4n) is 2.22. The molecule has 1 N–H and O–H groups in total. The Kier molecular flexibility index (Phi) is 5.54. The van der Waals surface area contributed by atoms with Crippen LogP contribution in [0.25, 0.3) is 0 Å². The standard InChI is InChI=1S/C17H20N2O4/c1-12-15(17(21)22-3)9-14(23-12)10-19(2)11-16(20)18-13-7-5-4-6-8-13/h4-9H,10-11H2,1-3H3,(H,18,20). The summed E-state index contributed by atoms with van der Waals surface area (Å²) in [6.45, 7) is 2.33. The zero-order valence-electron chi connectivity index (χ0n) is 13.5. The first-order valence-corrected chi connectivity index (χ1v) is 7.20. The van der Waals surface area contributed by atoms with Crippen LogP contribution in [0.5, 0.6) is 0 Å². The molecule has 0 bridgehead atoms. The summed E-state index contributed by atoms with van der Waals surface area (Å²) in [5.74, 6) is 0.573. The van der Waals surface area contributed by atoms with Crippen LogP contribution in [0, 0.1) is 6.92 Å². The van der Waals surface area contributed by atoms with Crippen molar-refractivity contribution in [3.05, 3.63) is 53.5 Å². The summed E-state index contributed by atoms with van der Waals surface area (Å²) in [6.07, 6.45) is 0. The molecule has 0 saturated heterocycles. The molecule has 6 nitrogen and oxygen atoms in total. The molecule has 0 unspecified atom stereocenters. The lowest BCUT2D eigenvalue weighted by molar-refractivity contribution is -0.117. The van der Waals surface area contributed by atoms with Crippen molar-refractivity contribution in [1.29, 1.82) is 0 Å². The van der Waals surface area contributed by atoms with E-state index in [1.165, 1.54) is 7.11 Å². The van der Waals surface area contributed by atoms with Crippen molar-refractivity contribution in [3.63, 3.8) is 0 Å². The molecule has 1 aromatic heterocycles. The van der Waals surface area contributed by atoms with E-state index in [1.807, 2.05) is 30.3 Å². The van der Waals surface area contributed by atoms with E-state index in [1.54, 1.807) is 24.9 Å². The molecule has 0 spiro atoms. The zero-order valence-corrected chi connectivity index (χ0v) is 13.5. The van der Waals surface area contributed by atoms with Crippen LogP contribution in [-0.2, 0) is 16.1 Å². The van der Waals surface area contributed by atoms with Crippen molar-refractivity contribution in [2.45, 2.75) is 13.5 Å². The number of rotatable bonds is 6. The molecule has 2 rings (SSSR count). The predicted octanol–water partition coefficient (Wildman–Crippen LogP) is 2.45. The van der Waals surface area contributed by atoms with Gasteiger partial charge < -0.3 is 14.5 Å². The predicted molar refractivity (Wildman–Crippen MR) is 86.2 cm³/mol. The maximum absolute atomic E-state index is 12.0. The van der Waals surface area contributed by atoms with Crippen LogP contribution in [0.3, 0.4) is 0 Å². The maximum atomic E-state index is 12.0. The quantitative estimate of drug-likeness (QED) is 0.829. The number of carbonyl (C=O) groups excluding carboxylic acids is 2. The third kappa shape index (κ3) is 4.69. The smallest absolute Gasteiger partial charge is 0.341 e. The Labute approximate surface area is 135 Å². The minimum Gasteiger partial charge on any atom is -0.465 e. The molecule has 0 aliphatic carbocycles. The highest BCUT2D eigenvalue weighted by molar-refractivity contribution is 5.92. The van der Waals surface area contributed by atoms with Crippen LogP contribution in [0.2, 0.25) is 0 Å². The summed E-state index contributed by atoms with van der Waals surface area (Å²) in [6, 6.07) is 10.9. The van der Waals surface area contributed by atoms with E-state index < -0.39 is 5.97 Å². The molecule has 1 amide bonds. The highest BCUT2D eigenvalue weighted by Crippen LogP contribution is 2.17. The molecule has 2 aromatic rings. The number of hydrogen-bond acceptors (Lipinski definition) is 5. The average molecular weight is 316 g/mol. The number of anilines is 1. The van der Waals surface area contributed by atoms with Crippen molar-refractivity contribution in [3.8, 4) is 0 Å². The lowest BCUT2D eigenvalue weighted by atomic mass is 10.2. The van der Waals surface area contributed by atoms with E-state index in [0.717, 1.165) is 5.69 Å². The van der Waals surface area contributed by atoms with Crippen LogP contribution in [0.4, 0.5) is 5.69 Å². The Morgan fingerprint density at radius 1 is 1.26 bits per heavy atom. The number of furan rings is 1. The normalized spacial score (nSPS) is 10.6. The van der Waals surface area contributed by atoms with Crippen molar-refractivity contribution < 1.29 is 18.7 Å². The Morgan fingerprint density at radius 3 is 2.61 bits per heavy atom. The largest absolute Gasteiger partial charge is 0.465 e. The summed E-state index contributed by atoms with van der Waals surface area (Å²) in [7, 11) is 3.13. The van der Waals surface area contributed by atoms with E-state index in [0.29, 0.717) is 23.6 Å². The topological polar surface area (TPSA) is 71.8 Å². The molecule has 0 radical (unpaired) electrons. The van der Waals surface area contributed by atoms with Gasteiger partial charge in [0, 0.05) is 5.69 Å². The Bertz CT molecular complexity index is 679. The van der Waals surface area contributed by atoms with Crippen LogP contribution in [0.1, 0.15) is 21.9 Å². The number of ether oxygens (including phenoxy) is 1. The number of hydrogen-bond donors (Lipinski definition) is 1. The second-order valence-corrected chi connectivity index (χ2v) is 5.26. The fourth-order valence-corrected chi connectivity index (χ4v) is 2.22. The fraction of sp³-hybridized carbons (Fsp3) is 0.294. The van der Waals surface area contributed by atoms with Gasteiger partial charge in [-0.3, -0.25) is 9.69 Å². The number of likely N-dealkylation sites (N-methyl/N-ethyl adjacent to an activating group) is 1. The number of carbonyl (C=O) groups is 2. The molecule has 1 aromatic carbocycles. The maximum Gasteiger partial charge on any atom is 0.341 e. The van der Waals surface area contributed by atoms with Crippen molar-refractivity contribution in [2.75, 3.05) is 26.0 Å². The monoisotopic (exact) mass is 316 g/mol. The van der Waals surface area contributed by atoms with Gasteiger partial charge in [0.25, 0.3) is 0 Å². The first kappa shape index (κ1) is 16.8. The lowest BCUT2D eigenvalue weighted by Crippen LogP contribution is -2.29. The minimum atomic E-state index is -0.429. The summed E-state index contributed by atoms with van der Waals surface area (Å²) < 4.78 is 10.2. The van der Waals surface area contributed by atoms with E-state index in [2.05, 4.69) is 10.1 Å². The molecule has 23 heavy (non-hydrogen) atoms. The Morgan fingerprint density at radius 2 is 1.96 bits per heavy atom. The molecule has 1 heterocycles. The van der Waals surface area contributed by atoms with E-state index in [9.17, 15) is 9.59 Å². The van der Waals surface area contributed by atoms with E-state index in [-0.39, 0.29) is 12.5 Å². The van der Waals surface area contributed by atoms with Gasteiger partial charge in [0.05, 0.1) is 20.2 Å². The molecule has 0 fully saturated rings. The van der Waals surface area contributed by atoms with Gasteiger partial charge in [0.1, 0.15) is 17.1 Å².